The number of benzene rings is 1. The molecular weight excluding hydrogens is 360 g/mol. The van der Waals surface area contributed by atoms with E-state index in [4.69, 9.17) is 11.6 Å². The Morgan fingerprint density at radius 3 is 2.44 bits per heavy atom. The van der Waals surface area contributed by atoms with Crippen molar-refractivity contribution in [2.24, 2.45) is 0 Å². The summed E-state index contributed by atoms with van der Waals surface area (Å²) in [5.41, 5.74) is 0.423. The zero-order valence-electron chi connectivity index (χ0n) is 15.1. The third-order valence-corrected chi connectivity index (χ3v) is 6.26. The van der Waals surface area contributed by atoms with Gasteiger partial charge in [-0.15, -0.1) is 0 Å². The van der Waals surface area contributed by atoms with E-state index in [1.807, 2.05) is 6.92 Å². The summed E-state index contributed by atoms with van der Waals surface area (Å²) in [6.07, 6.45) is 6.92. The largest absolute Gasteiger partial charge is 0.341 e. The Labute approximate surface area is 156 Å². The first-order valence-electron chi connectivity index (χ1n) is 8.77. The molecule has 1 aliphatic rings. The van der Waals surface area contributed by atoms with Crippen LogP contribution in [0.4, 0.5) is 5.69 Å². The van der Waals surface area contributed by atoms with Crippen LogP contribution in [0.25, 0.3) is 0 Å². The van der Waals surface area contributed by atoms with E-state index in [9.17, 15) is 13.2 Å². The van der Waals surface area contributed by atoms with Gasteiger partial charge in [0.05, 0.1) is 11.9 Å². The highest BCUT2D eigenvalue weighted by atomic mass is 35.5. The SMILES string of the molecule is CC[C@H](C(=O)N(C)C1CCCCC1)N(c1cccc(Cl)c1)S(C)(=O)=O. The molecule has 140 valence electrons. The summed E-state index contributed by atoms with van der Waals surface area (Å²) in [4.78, 5) is 14.9. The van der Waals surface area contributed by atoms with Gasteiger partial charge in [-0.05, 0) is 37.5 Å². The molecule has 7 heteroatoms. The van der Waals surface area contributed by atoms with Crippen LogP contribution in [0.5, 0.6) is 0 Å². The van der Waals surface area contributed by atoms with Gasteiger partial charge in [0.25, 0.3) is 0 Å². The van der Waals surface area contributed by atoms with E-state index in [0.29, 0.717) is 17.1 Å². The Morgan fingerprint density at radius 2 is 1.92 bits per heavy atom. The van der Waals surface area contributed by atoms with Crippen molar-refractivity contribution in [2.75, 3.05) is 17.6 Å². The predicted octanol–water partition coefficient (Wildman–Crippen LogP) is 3.68. The van der Waals surface area contributed by atoms with Crippen molar-refractivity contribution in [2.45, 2.75) is 57.5 Å². The minimum atomic E-state index is -3.63. The molecule has 1 saturated carbocycles. The molecule has 0 radical (unpaired) electrons. The third-order valence-electron chi connectivity index (χ3n) is 4.84. The number of carbonyl (C=O) groups is 1. The fourth-order valence-corrected chi connectivity index (χ4v) is 4.92. The van der Waals surface area contributed by atoms with Gasteiger partial charge in [0, 0.05) is 18.1 Å². The lowest BCUT2D eigenvalue weighted by molar-refractivity contribution is -0.133. The topological polar surface area (TPSA) is 57.7 Å². The van der Waals surface area contributed by atoms with Gasteiger partial charge in [0.2, 0.25) is 15.9 Å². The van der Waals surface area contributed by atoms with E-state index in [2.05, 4.69) is 0 Å². The number of anilines is 1. The maximum atomic E-state index is 13.1. The van der Waals surface area contributed by atoms with Crippen molar-refractivity contribution in [3.63, 3.8) is 0 Å². The molecule has 0 spiro atoms. The molecule has 0 aromatic heterocycles. The van der Waals surface area contributed by atoms with Crippen molar-refractivity contribution in [3.8, 4) is 0 Å². The van der Waals surface area contributed by atoms with Crippen LogP contribution in [0.15, 0.2) is 24.3 Å². The van der Waals surface area contributed by atoms with Crippen molar-refractivity contribution < 1.29 is 13.2 Å². The Hall–Kier alpha value is -1.27. The number of likely N-dealkylation sites (N-methyl/N-ethyl adjacent to an activating group) is 1. The number of amides is 1. The van der Waals surface area contributed by atoms with Crippen molar-refractivity contribution in [1.82, 2.24) is 4.90 Å². The van der Waals surface area contributed by atoms with Crippen LogP contribution in [0, 0.1) is 0 Å². The predicted molar refractivity (Wildman–Crippen MR) is 102 cm³/mol. The summed E-state index contributed by atoms with van der Waals surface area (Å²) in [6.45, 7) is 1.83. The Morgan fingerprint density at radius 1 is 1.28 bits per heavy atom. The Kier molecular flexibility index (Phi) is 6.74. The lowest BCUT2D eigenvalue weighted by atomic mass is 9.94. The van der Waals surface area contributed by atoms with Crippen LogP contribution < -0.4 is 4.31 Å². The zero-order chi connectivity index (χ0) is 18.6. The van der Waals surface area contributed by atoms with Crippen LogP contribution in [0.2, 0.25) is 5.02 Å². The van der Waals surface area contributed by atoms with E-state index in [-0.39, 0.29) is 11.9 Å². The summed E-state index contributed by atoms with van der Waals surface area (Å²) >= 11 is 6.03. The molecule has 1 amide bonds. The van der Waals surface area contributed by atoms with E-state index >= 15 is 0 Å². The standard InChI is InChI=1S/C18H27ClN2O3S/c1-4-17(18(22)20(2)15-10-6-5-7-11-15)21(25(3,23)24)16-12-8-9-14(19)13-16/h8-9,12-13,15,17H,4-7,10-11H2,1-3H3/t17-/m1/s1. The second-order valence-electron chi connectivity index (χ2n) is 6.70. The molecule has 1 fully saturated rings. The summed E-state index contributed by atoms with van der Waals surface area (Å²) in [5, 5.41) is 0.439. The highest BCUT2D eigenvalue weighted by molar-refractivity contribution is 7.92. The fourth-order valence-electron chi connectivity index (χ4n) is 3.54. The van der Waals surface area contributed by atoms with Gasteiger partial charge in [-0.2, -0.15) is 0 Å². The number of hydrogen-bond donors (Lipinski definition) is 0. The first kappa shape index (κ1) is 20.0. The van der Waals surface area contributed by atoms with E-state index in [1.54, 1.807) is 36.2 Å². The van der Waals surface area contributed by atoms with Gasteiger partial charge in [-0.1, -0.05) is 43.9 Å². The fraction of sp³-hybridized carbons (Fsp3) is 0.611. The molecule has 25 heavy (non-hydrogen) atoms. The number of hydrogen-bond acceptors (Lipinski definition) is 3. The smallest absolute Gasteiger partial charge is 0.246 e. The number of carbonyl (C=O) groups excluding carboxylic acids is 1. The summed E-state index contributed by atoms with van der Waals surface area (Å²) in [5.74, 6) is -0.153. The maximum absolute atomic E-state index is 13.1. The van der Waals surface area contributed by atoms with Crippen LogP contribution in [0.1, 0.15) is 45.4 Å². The lowest BCUT2D eigenvalue weighted by Crippen LogP contribution is -2.52. The van der Waals surface area contributed by atoms with Gasteiger partial charge >= 0.3 is 0 Å². The highest BCUT2D eigenvalue weighted by Crippen LogP contribution is 2.28. The van der Waals surface area contributed by atoms with Crippen LogP contribution in [-0.2, 0) is 14.8 Å². The first-order chi connectivity index (χ1) is 11.8. The minimum Gasteiger partial charge on any atom is -0.341 e. The summed E-state index contributed by atoms with van der Waals surface area (Å²) < 4.78 is 26.1. The monoisotopic (exact) mass is 386 g/mol. The molecule has 0 bridgehead atoms. The molecule has 0 saturated heterocycles. The van der Waals surface area contributed by atoms with E-state index in [1.165, 1.54) is 10.7 Å². The van der Waals surface area contributed by atoms with Crippen LogP contribution in [-0.4, -0.2) is 44.6 Å². The average molecular weight is 387 g/mol. The molecule has 0 N–H and O–H groups in total. The average Bonchev–Trinajstić information content (AvgIpc) is 2.58. The molecular formula is C18H27ClN2O3S. The molecule has 0 aliphatic heterocycles. The normalized spacial score (nSPS) is 17.1. The van der Waals surface area contributed by atoms with Crippen molar-refractivity contribution in [3.05, 3.63) is 29.3 Å². The maximum Gasteiger partial charge on any atom is 0.246 e. The molecule has 5 nitrogen and oxygen atoms in total. The number of rotatable bonds is 6. The molecule has 1 aliphatic carbocycles. The first-order valence-corrected chi connectivity index (χ1v) is 11.0. The lowest BCUT2D eigenvalue weighted by Gasteiger charge is -2.37. The molecule has 0 unspecified atom stereocenters. The van der Waals surface area contributed by atoms with Gasteiger partial charge in [0.15, 0.2) is 0 Å². The number of halogens is 1. The van der Waals surface area contributed by atoms with E-state index in [0.717, 1.165) is 31.9 Å². The zero-order valence-corrected chi connectivity index (χ0v) is 16.7. The number of sulfonamides is 1. The molecule has 1 atom stereocenters. The molecule has 2 rings (SSSR count). The highest BCUT2D eigenvalue weighted by Gasteiger charge is 2.35. The number of nitrogens with zero attached hydrogens (tertiary/aromatic N) is 2. The van der Waals surface area contributed by atoms with Gasteiger partial charge in [0.1, 0.15) is 6.04 Å². The van der Waals surface area contributed by atoms with E-state index < -0.39 is 16.1 Å². The van der Waals surface area contributed by atoms with Crippen LogP contribution >= 0.6 is 11.6 Å². The Balaban J connectivity index is 2.34. The summed E-state index contributed by atoms with van der Waals surface area (Å²) in [7, 11) is -1.84. The molecule has 1 aromatic rings. The second kappa shape index (κ2) is 8.41. The Bertz CT molecular complexity index is 702. The third kappa shape index (κ3) is 4.88. The van der Waals surface area contributed by atoms with Gasteiger partial charge in [-0.25, -0.2) is 8.42 Å². The minimum absolute atomic E-state index is 0.153. The summed E-state index contributed by atoms with van der Waals surface area (Å²) in [6, 6.07) is 6.06. The van der Waals surface area contributed by atoms with Crippen LogP contribution in [0.3, 0.4) is 0 Å². The van der Waals surface area contributed by atoms with Crippen molar-refractivity contribution in [1.29, 1.82) is 0 Å². The van der Waals surface area contributed by atoms with Crippen molar-refractivity contribution >= 4 is 33.2 Å². The molecule has 1 aromatic carbocycles. The molecule has 0 heterocycles. The van der Waals surface area contributed by atoms with Gasteiger partial charge < -0.3 is 4.90 Å². The second-order valence-corrected chi connectivity index (χ2v) is 9.00. The quantitative estimate of drug-likeness (QED) is 0.749. The van der Waals surface area contributed by atoms with Gasteiger partial charge in [-0.3, -0.25) is 9.10 Å².